The van der Waals surface area contributed by atoms with Gasteiger partial charge in [0.25, 0.3) is 5.91 Å². The van der Waals surface area contributed by atoms with Crippen LogP contribution >= 0.6 is 0 Å². The number of nitrogens with one attached hydrogen (secondary N) is 2. The SMILES string of the molecule is CC(C)NC(=O)C1CCCC(NC(=O)COc2ccccc2C(C)(C)C)C1. The molecule has 0 radical (unpaired) electrons. The normalized spacial score (nSPS) is 20.2. The third-order valence-corrected chi connectivity index (χ3v) is 4.89. The lowest BCUT2D eigenvalue weighted by Gasteiger charge is -2.29. The lowest BCUT2D eigenvalue weighted by Crippen LogP contribution is -2.44. The minimum atomic E-state index is -0.131. The van der Waals surface area contributed by atoms with Crippen LogP contribution in [0.4, 0.5) is 0 Å². The van der Waals surface area contributed by atoms with Crippen molar-refractivity contribution in [3.63, 3.8) is 0 Å². The van der Waals surface area contributed by atoms with Crippen molar-refractivity contribution in [3.05, 3.63) is 29.8 Å². The third kappa shape index (κ3) is 6.56. The molecule has 0 heterocycles. The van der Waals surface area contributed by atoms with Crippen LogP contribution in [0.2, 0.25) is 0 Å². The molecule has 2 amide bonds. The predicted molar refractivity (Wildman–Crippen MR) is 108 cm³/mol. The van der Waals surface area contributed by atoms with E-state index in [2.05, 4.69) is 31.4 Å². The summed E-state index contributed by atoms with van der Waals surface area (Å²) in [5, 5.41) is 6.02. The number of carbonyl (C=O) groups excluding carboxylic acids is 2. The molecule has 1 aliphatic rings. The highest BCUT2D eigenvalue weighted by Gasteiger charge is 2.28. The zero-order valence-corrected chi connectivity index (χ0v) is 17.3. The molecule has 0 aromatic heterocycles. The molecule has 1 aliphatic carbocycles. The van der Waals surface area contributed by atoms with E-state index in [-0.39, 0.29) is 41.8 Å². The van der Waals surface area contributed by atoms with Crippen LogP contribution in [0, 0.1) is 5.92 Å². The predicted octanol–water partition coefficient (Wildman–Crippen LogP) is 3.56. The van der Waals surface area contributed by atoms with Crippen LogP contribution in [-0.4, -0.2) is 30.5 Å². The first-order valence-corrected chi connectivity index (χ1v) is 9.99. The van der Waals surface area contributed by atoms with E-state index in [1.807, 2.05) is 38.1 Å². The van der Waals surface area contributed by atoms with Gasteiger partial charge in [0.1, 0.15) is 5.75 Å². The number of carbonyl (C=O) groups is 2. The molecule has 0 aliphatic heterocycles. The number of para-hydroxylation sites is 1. The van der Waals surface area contributed by atoms with Crippen molar-refractivity contribution in [1.29, 1.82) is 0 Å². The second-order valence-electron chi connectivity index (χ2n) is 8.83. The fourth-order valence-corrected chi connectivity index (χ4v) is 3.59. The topological polar surface area (TPSA) is 67.4 Å². The maximum absolute atomic E-state index is 12.4. The second-order valence-corrected chi connectivity index (χ2v) is 8.83. The summed E-state index contributed by atoms with van der Waals surface area (Å²) in [6.45, 7) is 10.3. The molecule has 1 fully saturated rings. The van der Waals surface area contributed by atoms with Crippen LogP contribution in [0.25, 0.3) is 0 Å². The van der Waals surface area contributed by atoms with Gasteiger partial charge in [-0.15, -0.1) is 0 Å². The second kappa shape index (κ2) is 9.25. The minimum Gasteiger partial charge on any atom is -0.483 e. The van der Waals surface area contributed by atoms with E-state index in [1.54, 1.807) is 0 Å². The molecule has 2 rings (SSSR count). The Morgan fingerprint density at radius 1 is 1.19 bits per heavy atom. The van der Waals surface area contributed by atoms with Crippen molar-refractivity contribution < 1.29 is 14.3 Å². The number of amides is 2. The minimum absolute atomic E-state index is 0.00749. The van der Waals surface area contributed by atoms with Gasteiger partial charge in [-0.2, -0.15) is 0 Å². The van der Waals surface area contributed by atoms with Gasteiger partial charge >= 0.3 is 0 Å². The summed E-state index contributed by atoms with van der Waals surface area (Å²) >= 11 is 0. The average Bonchev–Trinajstić information content (AvgIpc) is 2.59. The van der Waals surface area contributed by atoms with E-state index in [0.29, 0.717) is 6.42 Å². The smallest absolute Gasteiger partial charge is 0.258 e. The molecule has 0 bridgehead atoms. The molecule has 2 N–H and O–H groups in total. The molecule has 2 unspecified atom stereocenters. The first kappa shape index (κ1) is 21.3. The average molecular weight is 375 g/mol. The van der Waals surface area contributed by atoms with Crippen molar-refractivity contribution in [3.8, 4) is 5.75 Å². The number of hydrogen-bond donors (Lipinski definition) is 2. The van der Waals surface area contributed by atoms with Crippen LogP contribution in [0.1, 0.15) is 65.9 Å². The Kier molecular flexibility index (Phi) is 7.28. The largest absolute Gasteiger partial charge is 0.483 e. The van der Waals surface area contributed by atoms with E-state index < -0.39 is 0 Å². The Hall–Kier alpha value is -2.04. The van der Waals surface area contributed by atoms with Gasteiger partial charge in [0.05, 0.1) is 0 Å². The molecule has 0 saturated heterocycles. The zero-order valence-electron chi connectivity index (χ0n) is 17.3. The van der Waals surface area contributed by atoms with E-state index in [1.165, 1.54) is 0 Å². The van der Waals surface area contributed by atoms with Gasteiger partial charge in [-0.25, -0.2) is 0 Å². The first-order chi connectivity index (χ1) is 12.7. The first-order valence-electron chi connectivity index (χ1n) is 9.99. The summed E-state index contributed by atoms with van der Waals surface area (Å²) in [4.78, 5) is 24.6. The van der Waals surface area contributed by atoms with Crippen LogP contribution in [-0.2, 0) is 15.0 Å². The summed E-state index contributed by atoms with van der Waals surface area (Å²) < 4.78 is 5.80. The molecule has 0 spiro atoms. The quantitative estimate of drug-likeness (QED) is 0.800. The van der Waals surface area contributed by atoms with Crippen molar-refractivity contribution in [2.45, 2.75) is 77.8 Å². The number of hydrogen-bond acceptors (Lipinski definition) is 3. The Bertz CT molecular complexity index is 649. The molecule has 150 valence electrons. The fraction of sp³-hybridized carbons (Fsp3) is 0.636. The fourth-order valence-electron chi connectivity index (χ4n) is 3.59. The lowest BCUT2D eigenvalue weighted by molar-refractivity contribution is -0.128. The molecule has 1 saturated carbocycles. The maximum atomic E-state index is 12.4. The van der Waals surface area contributed by atoms with Gasteiger partial charge in [0.15, 0.2) is 6.61 Å². The Labute approximate surface area is 163 Å². The monoisotopic (exact) mass is 374 g/mol. The van der Waals surface area contributed by atoms with E-state index in [4.69, 9.17) is 4.74 Å². The molecule has 5 heteroatoms. The van der Waals surface area contributed by atoms with Crippen LogP contribution in [0.5, 0.6) is 5.75 Å². The van der Waals surface area contributed by atoms with E-state index >= 15 is 0 Å². The molecular weight excluding hydrogens is 340 g/mol. The van der Waals surface area contributed by atoms with Gasteiger partial charge in [0, 0.05) is 18.0 Å². The third-order valence-electron chi connectivity index (χ3n) is 4.89. The molecule has 1 aromatic rings. The number of ether oxygens (including phenoxy) is 1. The molecular formula is C22H34N2O3. The molecule has 27 heavy (non-hydrogen) atoms. The number of rotatable bonds is 6. The van der Waals surface area contributed by atoms with Crippen LogP contribution in [0.3, 0.4) is 0 Å². The lowest BCUT2D eigenvalue weighted by atomic mass is 9.85. The van der Waals surface area contributed by atoms with Crippen molar-refractivity contribution in [1.82, 2.24) is 10.6 Å². The molecule has 2 atom stereocenters. The van der Waals surface area contributed by atoms with Crippen molar-refractivity contribution in [2.24, 2.45) is 5.92 Å². The molecule has 5 nitrogen and oxygen atoms in total. The van der Waals surface area contributed by atoms with Gasteiger partial charge < -0.3 is 15.4 Å². The highest BCUT2D eigenvalue weighted by atomic mass is 16.5. The maximum Gasteiger partial charge on any atom is 0.258 e. The van der Waals surface area contributed by atoms with Crippen molar-refractivity contribution in [2.75, 3.05) is 6.61 Å². The van der Waals surface area contributed by atoms with Gasteiger partial charge in [0.2, 0.25) is 5.91 Å². The summed E-state index contributed by atoms with van der Waals surface area (Å²) in [5.74, 6) is 0.694. The van der Waals surface area contributed by atoms with Gasteiger partial charge in [-0.3, -0.25) is 9.59 Å². The Morgan fingerprint density at radius 3 is 2.56 bits per heavy atom. The highest BCUT2D eigenvalue weighted by molar-refractivity contribution is 5.80. The van der Waals surface area contributed by atoms with E-state index in [0.717, 1.165) is 30.6 Å². The molecule has 1 aromatic carbocycles. The standard InChI is InChI=1S/C22H34N2O3/c1-15(2)23-21(26)16-9-8-10-17(13-16)24-20(25)14-27-19-12-7-6-11-18(19)22(3,4)5/h6-7,11-12,15-17H,8-10,13-14H2,1-5H3,(H,23,26)(H,24,25). The zero-order chi connectivity index (χ0) is 20.0. The van der Waals surface area contributed by atoms with Gasteiger partial charge in [-0.1, -0.05) is 45.4 Å². The summed E-state index contributed by atoms with van der Waals surface area (Å²) in [5.41, 5.74) is 1.04. The van der Waals surface area contributed by atoms with Crippen LogP contribution in [0.15, 0.2) is 24.3 Å². The highest BCUT2D eigenvalue weighted by Crippen LogP contribution is 2.31. The van der Waals surface area contributed by atoms with Crippen molar-refractivity contribution >= 4 is 11.8 Å². The van der Waals surface area contributed by atoms with E-state index in [9.17, 15) is 9.59 Å². The Morgan fingerprint density at radius 2 is 1.89 bits per heavy atom. The Balaban J connectivity index is 1.87. The van der Waals surface area contributed by atoms with Gasteiger partial charge in [-0.05, 0) is 50.2 Å². The van der Waals surface area contributed by atoms with Crippen LogP contribution < -0.4 is 15.4 Å². The summed E-state index contributed by atoms with van der Waals surface area (Å²) in [6.07, 6.45) is 3.45. The summed E-state index contributed by atoms with van der Waals surface area (Å²) in [7, 11) is 0. The summed E-state index contributed by atoms with van der Waals surface area (Å²) in [6, 6.07) is 8.02. The number of benzene rings is 1.